The van der Waals surface area contributed by atoms with Crippen molar-refractivity contribution in [3.63, 3.8) is 0 Å². The summed E-state index contributed by atoms with van der Waals surface area (Å²) in [6, 6.07) is 3.43. The number of alkyl halides is 3. The van der Waals surface area contributed by atoms with E-state index in [1.54, 1.807) is 0 Å². The molecular formula is C13H7F4NO2. The zero-order valence-corrected chi connectivity index (χ0v) is 9.78. The summed E-state index contributed by atoms with van der Waals surface area (Å²) in [4.78, 5) is 14.2. The summed E-state index contributed by atoms with van der Waals surface area (Å²) in [5.74, 6) is -2.25. The van der Waals surface area contributed by atoms with Gasteiger partial charge < -0.3 is 5.11 Å². The van der Waals surface area contributed by atoms with Crippen molar-refractivity contribution in [2.24, 2.45) is 0 Å². The van der Waals surface area contributed by atoms with Crippen LogP contribution in [0.4, 0.5) is 17.6 Å². The Bertz CT molecular complexity index is 668. The van der Waals surface area contributed by atoms with Crippen LogP contribution in [0.25, 0.3) is 11.1 Å². The first-order chi connectivity index (χ1) is 9.29. The van der Waals surface area contributed by atoms with Gasteiger partial charge in [0.1, 0.15) is 5.82 Å². The summed E-state index contributed by atoms with van der Waals surface area (Å²) < 4.78 is 52.0. The van der Waals surface area contributed by atoms with Crippen LogP contribution >= 0.6 is 0 Å². The normalized spacial score (nSPS) is 11.4. The fourth-order valence-corrected chi connectivity index (χ4v) is 1.72. The number of aromatic nitrogens is 1. The van der Waals surface area contributed by atoms with Gasteiger partial charge in [0.25, 0.3) is 0 Å². The van der Waals surface area contributed by atoms with Gasteiger partial charge in [-0.25, -0.2) is 9.18 Å². The lowest BCUT2D eigenvalue weighted by Gasteiger charge is -2.13. The van der Waals surface area contributed by atoms with Gasteiger partial charge in [-0.2, -0.15) is 13.2 Å². The average molecular weight is 285 g/mol. The summed E-state index contributed by atoms with van der Waals surface area (Å²) >= 11 is 0. The van der Waals surface area contributed by atoms with E-state index in [1.807, 2.05) is 0 Å². The van der Waals surface area contributed by atoms with Crippen LogP contribution in [0, 0.1) is 5.82 Å². The smallest absolute Gasteiger partial charge is 0.417 e. The molecule has 3 nitrogen and oxygen atoms in total. The SMILES string of the molecule is O=C(O)c1ccc(-c2cncc(F)c2)c(C(F)(F)F)c1. The highest BCUT2D eigenvalue weighted by atomic mass is 19.4. The van der Waals surface area contributed by atoms with Crippen LogP contribution in [0.3, 0.4) is 0 Å². The molecule has 0 fully saturated rings. The van der Waals surface area contributed by atoms with Gasteiger partial charge in [0.05, 0.1) is 17.3 Å². The minimum Gasteiger partial charge on any atom is -0.478 e. The van der Waals surface area contributed by atoms with Crippen molar-refractivity contribution in [3.8, 4) is 11.1 Å². The van der Waals surface area contributed by atoms with Gasteiger partial charge in [-0.15, -0.1) is 0 Å². The van der Waals surface area contributed by atoms with Crippen molar-refractivity contribution >= 4 is 5.97 Å². The Hall–Kier alpha value is -2.44. The highest BCUT2D eigenvalue weighted by Crippen LogP contribution is 2.37. The van der Waals surface area contributed by atoms with E-state index in [-0.39, 0.29) is 11.1 Å². The predicted molar refractivity (Wildman–Crippen MR) is 61.6 cm³/mol. The minimum atomic E-state index is -4.76. The van der Waals surface area contributed by atoms with Gasteiger partial charge >= 0.3 is 12.1 Å². The standard InChI is InChI=1S/C13H7F4NO2/c14-9-3-8(5-18-6-9)10-2-1-7(12(19)20)4-11(10)13(15,16)17/h1-6H,(H,19,20). The molecule has 0 bridgehead atoms. The molecule has 1 N–H and O–H groups in total. The van der Waals surface area contributed by atoms with E-state index in [0.717, 1.165) is 30.6 Å². The van der Waals surface area contributed by atoms with E-state index >= 15 is 0 Å². The third-order valence-corrected chi connectivity index (χ3v) is 2.59. The van der Waals surface area contributed by atoms with Crippen LogP contribution in [0.1, 0.15) is 15.9 Å². The molecule has 20 heavy (non-hydrogen) atoms. The predicted octanol–water partition coefficient (Wildman–Crippen LogP) is 3.60. The molecule has 0 aliphatic carbocycles. The summed E-state index contributed by atoms with van der Waals surface area (Å²) in [5.41, 5.74) is -2.04. The van der Waals surface area contributed by atoms with Crippen LogP contribution in [-0.2, 0) is 6.18 Å². The maximum atomic E-state index is 13.1. The number of nitrogens with zero attached hydrogens (tertiary/aromatic N) is 1. The van der Waals surface area contributed by atoms with Gasteiger partial charge in [-0.1, -0.05) is 6.07 Å². The molecule has 0 amide bonds. The molecule has 2 aromatic rings. The van der Waals surface area contributed by atoms with Gasteiger partial charge in [-0.3, -0.25) is 4.98 Å². The lowest BCUT2D eigenvalue weighted by atomic mass is 9.98. The molecule has 1 heterocycles. The highest BCUT2D eigenvalue weighted by molar-refractivity contribution is 5.89. The summed E-state index contributed by atoms with van der Waals surface area (Å²) in [7, 11) is 0. The number of hydrogen-bond donors (Lipinski definition) is 1. The van der Waals surface area contributed by atoms with Crippen molar-refractivity contribution in [1.82, 2.24) is 4.98 Å². The van der Waals surface area contributed by atoms with Crippen molar-refractivity contribution in [2.45, 2.75) is 6.18 Å². The molecule has 0 unspecified atom stereocenters. The van der Waals surface area contributed by atoms with Gasteiger partial charge in [0.2, 0.25) is 0 Å². The fraction of sp³-hybridized carbons (Fsp3) is 0.0769. The van der Waals surface area contributed by atoms with Crippen LogP contribution in [0.15, 0.2) is 36.7 Å². The van der Waals surface area contributed by atoms with Crippen LogP contribution in [0.2, 0.25) is 0 Å². The highest BCUT2D eigenvalue weighted by Gasteiger charge is 2.34. The van der Waals surface area contributed by atoms with Gasteiger partial charge in [0.15, 0.2) is 0 Å². The Kier molecular flexibility index (Phi) is 3.44. The van der Waals surface area contributed by atoms with Crippen LogP contribution in [-0.4, -0.2) is 16.1 Å². The average Bonchev–Trinajstić information content (AvgIpc) is 2.37. The molecule has 0 aliphatic rings. The molecule has 0 spiro atoms. The molecule has 0 aliphatic heterocycles. The first-order valence-electron chi connectivity index (χ1n) is 5.34. The Labute approximate surface area is 110 Å². The first kappa shape index (κ1) is 14.0. The van der Waals surface area contributed by atoms with Crippen molar-refractivity contribution in [2.75, 3.05) is 0 Å². The molecule has 0 saturated heterocycles. The number of pyridine rings is 1. The van der Waals surface area contributed by atoms with E-state index in [4.69, 9.17) is 5.11 Å². The molecule has 1 aromatic carbocycles. The zero-order valence-electron chi connectivity index (χ0n) is 9.78. The number of benzene rings is 1. The van der Waals surface area contributed by atoms with E-state index in [9.17, 15) is 22.4 Å². The first-order valence-corrected chi connectivity index (χ1v) is 5.34. The maximum Gasteiger partial charge on any atom is 0.417 e. The summed E-state index contributed by atoms with van der Waals surface area (Å²) in [6.45, 7) is 0. The second kappa shape index (κ2) is 4.92. The molecular weight excluding hydrogens is 278 g/mol. The summed E-state index contributed by atoms with van der Waals surface area (Å²) in [6.07, 6.45) is -2.82. The molecule has 2 rings (SSSR count). The minimum absolute atomic E-state index is 0.0748. The quantitative estimate of drug-likeness (QED) is 0.858. The van der Waals surface area contributed by atoms with Crippen LogP contribution < -0.4 is 0 Å². The monoisotopic (exact) mass is 285 g/mol. The fourth-order valence-electron chi connectivity index (χ4n) is 1.72. The number of halogens is 4. The number of carboxylic acids is 1. The number of carbonyl (C=O) groups is 1. The largest absolute Gasteiger partial charge is 0.478 e. The molecule has 7 heteroatoms. The van der Waals surface area contributed by atoms with E-state index in [0.29, 0.717) is 6.07 Å². The Balaban J connectivity index is 2.67. The Morgan fingerprint density at radius 2 is 1.85 bits per heavy atom. The number of aromatic carboxylic acids is 1. The van der Waals surface area contributed by atoms with E-state index in [2.05, 4.69) is 4.98 Å². The molecule has 104 valence electrons. The van der Waals surface area contributed by atoms with E-state index < -0.39 is 29.1 Å². The third kappa shape index (κ3) is 2.76. The van der Waals surface area contributed by atoms with E-state index in [1.165, 1.54) is 0 Å². The Morgan fingerprint density at radius 1 is 1.15 bits per heavy atom. The topological polar surface area (TPSA) is 50.2 Å². The molecule has 0 saturated carbocycles. The summed E-state index contributed by atoms with van der Waals surface area (Å²) in [5, 5.41) is 8.74. The molecule has 1 aromatic heterocycles. The van der Waals surface area contributed by atoms with Crippen molar-refractivity contribution in [1.29, 1.82) is 0 Å². The Morgan fingerprint density at radius 3 is 2.40 bits per heavy atom. The molecule has 0 radical (unpaired) electrons. The lowest BCUT2D eigenvalue weighted by Crippen LogP contribution is -2.09. The number of hydrogen-bond acceptors (Lipinski definition) is 2. The second-order valence-electron chi connectivity index (χ2n) is 3.96. The third-order valence-electron chi connectivity index (χ3n) is 2.59. The van der Waals surface area contributed by atoms with Crippen LogP contribution in [0.5, 0.6) is 0 Å². The molecule has 0 atom stereocenters. The second-order valence-corrected chi connectivity index (χ2v) is 3.96. The van der Waals surface area contributed by atoms with Gasteiger partial charge in [-0.05, 0) is 23.8 Å². The lowest BCUT2D eigenvalue weighted by molar-refractivity contribution is -0.137. The maximum absolute atomic E-state index is 13.1. The number of rotatable bonds is 2. The van der Waals surface area contributed by atoms with Crippen molar-refractivity contribution in [3.05, 3.63) is 53.6 Å². The van der Waals surface area contributed by atoms with Crippen molar-refractivity contribution < 1.29 is 27.5 Å². The van der Waals surface area contributed by atoms with Gasteiger partial charge in [0, 0.05) is 11.8 Å². The number of carboxylic acid groups (broad SMARTS) is 1. The zero-order chi connectivity index (χ0) is 14.9.